The Morgan fingerprint density at radius 1 is 1.17 bits per heavy atom. The van der Waals surface area contributed by atoms with Crippen LogP contribution < -0.4 is 10.6 Å². The molecule has 2 aliphatic heterocycles. The number of rotatable bonds is 2. The van der Waals surface area contributed by atoms with E-state index in [-0.39, 0.29) is 18.4 Å². The predicted octanol–water partition coefficient (Wildman–Crippen LogP) is 2.85. The molecule has 24 heavy (non-hydrogen) atoms. The third-order valence-corrected chi connectivity index (χ3v) is 4.66. The SMILES string of the molecule is C=CCN1C(=O)c2ccccc2N[C@@]12C(=O)Nc1c(C)cccc12. The number of nitrogens with zero attached hydrogens (tertiary/aromatic N) is 1. The van der Waals surface area contributed by atoms with Crippen LogP contribution in [0.3, 0.4) is 0 Å². The number of aryl methyl sites for hydroxylation is 1. The third-order valence-electron chi connectivity index (χ3n) is 4.66. The molecule has 1 atom stereocenters. The lowest BCUT2D eigenvalue weighted by Crippen LogP contribution is -2.61. The van der Waals surface area contributed by atoms with Gasteiger partial charge in [-0.05, 0) is 24.6 Å². The number of carbonyl (C=O) groups excluding carboxylic acids is 2. The summed E-state index contributed by atoms with van der Waals surface area (Å²) in [5, 5.41) is 6.25. The molecule has 5 nitrogen and oxygen atoms in total. The highest BCUT2D eigenvalue weighted by molar-refractivity contribution is 6.14. The molecule has 2 amide bonds. The number of amides is 2. The average Bonchev–Trinajstić information content (AvgIpc) is 2.86. The van der Waals surface area contributed by atoms with Gasteiger partial charge in [0.1, 0.15) is 0 Å². The zero-order valence-electron chi connectivity index (χ0n) is 13.3. The summed E-state index contributed by atoms with van der Waals surface area (Å²) >= 11 is 0. The standard InChI is InChI=1S/C19H17N3O2/c1-3-11-22-17(23)13-8-4-5-10-15(13)21-19(22)14-9-6-7-12(2)16(14)20-18(19)24/h3-10,21H,1,11H2,2H3,(H,20,24)/t19-/m1/s1. The van der Waals surface area contributed by atoms with Gasteiger partial charge in [-0.15, -0.1) is 6.58 Å². The van der Waals surface area contributed by atoms with Crippen LogP contribution in [0, 0.1) is 6.92 Å². The van der Waals surface area contributed by atoms with Crippen LogP contribution in [0.5, 0.6) is 0 Å². The van der Waals surface area contributed by atoms with Crippen LogP contribution in [0.4, 0.5) is 11.4 Å². The Balaban J connectivity index is 2.00. The van der Waals surface area contributed by atoms with Crippen molar-refractivity contribution >= 4 is 23.2 Å². The lowest BCUT2D eigenvalue weighted by atomic mass is 9.92. The first-order valence-corrected chi connectivity index (χ1v) is 7.81. The molecule has 2 aromatic rings. The van der Waals surface area contributed by atoms with Gasteiger partial charge in [-0.1, -0.05) is 36.4 Å². The molecular weight excluding hydrogens is 302 g/mol. The fraction of sp³-hybridized carbons (Fsp3) is 0.158. The van der Waals surface area contributed by atoms with E-state index in [0.717, 1.165) is 16.8 Å². The van der Waals surface area contributed by atoms with Crippen molar-refractivity contribution in [1.82, 2.24) is 4.90 Å². The van der Waals surface area contributed by atoms with Gasteiger partial charge in [0.2, 0.25) is 5.66 Å². The molecule has 0 aromatic heterocycles. The maximum atomic E-state index is 13.1. The van der Waals surface area contributed by atoms with Gasteiger partial charge in [0.05, 0.1) is 11.3 Å². The van der Waals surface area contributed by atoms with Crippen molar-refractivity contribution < 1.29 is 9.59 Å². The monoisotopic (exact) mass is 319 g/mol. The molecule has 2 N–H and O–H groups in total. The Kier molecular flexibility index (Phi) is 3.00. The molecule has 0 aliphatic carbocycles. The highest BCUT2D eigenvalue weighted by Gasteiger charge is 2.56. The number of para-hydroxylation sites is 2. The second kappa shape index (κ2) is 4.96. The number of carbonyl (C=O) groups is 2. The summed E-state index contributed by atoms with van der Waals surface area (Å²) < 4.78 is 0. The highest BCUT2D eigenvalue weighted by Crippen LogP contribution is 2.46. The zero-order valence-corrected chi connectivity index (χ0v) is 13.3. The number of benzene rings is 2. The molecule has 0 saturated heterocycles. The normalized spacial score (nSPS) is 21.1. The number of anilines is 2. The van der Waals surface area contributed by atoms with E-state index in [2.05, 4.69) is 17.2 Å². The summed E-state index contributed by atoms with van der Waals surface area (Å²) in [6.07, 6.45) is 1.64. The van der Waals surface area contributed by atoms with Crippen molar-refractivity contribution in [3.8, 4) is 0 Å². The van der Waals surface area contributed by atoms with Crippen LogP contribution in [-0.4, -0.2) is 23.3 Å². The molecule has 2 aliphatic rings. The summed E-state index contributed by atoms with van der Waals surface area (Å²) in [5.41, 5.74) is 2.45. The molecule has 0 radical (unpaired) electrons. The van der Waals surface area contributed by atoms with Crippen molar-refractivity contribution in [2.75, 3.05) is 17.2 Å². The lowest BCUT2D eigenvalue weighted by molar-refractivity contribution is -0.124. The molecule has 4 rings (SSSR count). The van der Waals surface area contributed by atoms with Gasteiger partial charge in [0, 0.05) is 17.8 Å². The number of hydrogen-bond donors (Lipinski definition) is 2. The van der Waals surface area contributed by atoms with Crippen molar-refractivity contribution in [3.63, 3.8) is 0 Å². The number of nitrogens with one attached hydrogen (secondary N) is 2. The van der Waals surface area contributed by atoms with E-state index in [1.165, 1.54) is 0 Å². The summed E-state index contributed by atoms with van der Waals surface area (Å²) in [7, 11) is 0. The molecule has 120 valence electrons. The molecule has 2 heterocycles. The molecule has 0 fully saturated rings. The number of hydrogen-bond acceptors (Lipinski definition) is 3. The van der Waals surface area contributed by atoms with Crippen LogP contribution in [0.1, 0.15) is 21.5 Å². The van der Waals surface area contributed by atoms with E-state index in [1.54, 1.807) is 17.0 Å². The van der Waals surface area contributed by atoms with E-state index in [1.807, 2.05) is 43.3 Å². The average molecular weight is 319 g/mol. The summed E-state index contributed by atoms with van der Waals surface area (Å²) in [5.74, 6) is -0.440. The first kappa shape index (κ1) is 14.5. The number of fused-ring (bicyclic) bond motifs is 3. The van der Waals surface area contributed by atoms with Gasteiger partial charge >= 0.3 is 0 Å². The Hall–Kier alpha value is -3.08. The Morgan fingerprint density at radius 2 is 1.96 bits per heavy atom. The van der Waals surface area contributed by atoms with Crippen LogP contribution in [0.2, 0.25) is 0 Å². The third kappa shape index (κ3) is 1.69. The van der Waals surface area contributed by atoms with E-state index in [9.17, 15) is 9.59 Å². The van der Waals surface area contributed by atoms with Gasteiger partial charge in [-0.2, -0.15) is 0 Å². The van der Waals surface area contributed by atoms with Crippen molar-refractivity contribution in [2.24, 2.45) is 0 Å². The van der Waals surface area contributed by atoms with E-state index >= 15 is 0 Å². The summed E-state index contributed by atoms with van der Waals surface area (Å²) in [6.45, 7) is 5.95. The molecular formula is C19H17N3O2. The Labute approximate surface area is 140 Å². The maximum absolute atomic E-state index is 13.1. The molecule has 2 aromatic carbocycles. The van der Waals surface area contributed by atoms with Crippen molar-refractivity contribution in [2.45, 2.75) is 12.6 Å². The second-order valence-electron chi connectivity index (χ2n) is 6.04. The molecule has 5 heteroatoms. The van der Waals surface area contributed by atoms with Crippen molar-refractivity contribution in [1.29, 1.82) is 0 Å². The van der Waals surface area contributed by atoms with E-state index in [0.29, 0.717) is 11.3 Å². The molecule has 0 saturated carbocycles. The topological polar surface area (TPSA) is 61.4 Å². The summed E-state index contributed by atoms with van der Waals surface area (Å²) in [4.78, 5) is 27.6. The first-order valence-electron chi connectivity index (χ1n) is 7.81. The zero-order chi connectivity index (χ0) is 16.9. The lowest BCUT2D eigenvalue weighted by Gasteiger charge is -2.44. The van der Waals surface area contributed by atoms with Crippen LogP contribution >= 0.6 is 0 Å². The van der Waals surface area contributed by atoms with Crippen LogP contribution in [0.25, 0.3) is 0 Å². The van der Waals surface area contributed by atoms with E-state index in [4.69, 9.17) is 0 Å². The molecule has 0 bridgehead atoms. The van der Waals surface area contributed by atoms with Crippen LogP contribution in [0.15, 0.2) is 55.1 Å². The van der Waals surface area contributed by atoms with Crippen molar-refractivity contribution in [3.05, 3.63) is 71.8 Å². The quantitative estimate of drug-likeness (QED) is 0.837. The van der Waals surface area contributed by atoms with Gasteiger partial charge in [0.25, 0.3) is 11.8 Å². The van der Waals surface area contributed by atoms with Gasteiger partial charge in [0.15, 0.2) is 0 Å². The minimum Gasteiger partial charge on any atom is -0.350 e. The summed E-state index contributed by atoms with van der Waals surface area (Å²) in [6, 6.07) is 13.0. The van der Waals surface area contributed by atoms with E-state index < -0.39 is 5.66 Å². The first-order chi connectivity index (χ1) is 11.6. The minimum atomic E-state index is -1.25. The van der Waals surface area contributed by atoms with Crippen LogP contribution in [-0.2, 0) is 10.5 Å². The maximum Gasteiger partial charge on any atom is 0.276 e. The fourth-order valence-electron chi connectivity index (χ4n) is 3.54. The highest BCUT2D eigenvalue weighted by atomic mass is 16.2. The Morgan fingerprint density at radius 3 is 2.75 bits per heavy atom. The van der Waals surface area contributed by atoms with Gasteiger partial charge in [-0.25, -0.2) is 0 Å². The minimum absolute atomic E-state index is 0.186. The largest absolute Gasteiger partial charge is 0.350 e. The van der Waals surface area contributed by atoms with Gasteiger partial charge < -0.3 is 10.6 Å². The second-order valence-corrected chi connectivity index (χ2v) is 6.04. The molecule has 0 unspecified atom stereocenters. The predicted molar refractivity (Wildman–Crippen MR) is 92.8 cm³/mol. The van der Waals surface area contributed by atoms with Gasteiger partial charge in [-0.3, -0.25) is 14.5 Å². The molecule has 1 spiro atoms. The fourth-order valence-corrected chi connectivity index (χ4v) is 3.54. The Bertz CT molecular complexity index is 890. The smallest absolute Gasteiger partial charge is 0.276 e.